The van der Waals surface area contributed by atoms with Gasteiger partial charge in [0.15, 0.2) is 0 Å². The average Bonchev–Trinajstić information content (AvgIpc) is 2.15. The van der Waals surface area contributed by atoms with E-state index in [1.165, 1.54) is 31.3 Å². The second-order valence-electron chi connectivity index (χ2n) is 2.86. The van der Waals surface area contributed by atoms with Gasteiger partial charge in [0.1, 0.15) is 0 Å². The molecule has 0 nitrogen and oxygen atoms in total. The van der Waals surface area contributed by atoms with E-state index in [-0.39, 0.29) is 0 Å². The summed E-state index contributed by atoms with van der Waals surface area (Å²) in [5.74, 6) is 0. The minimum atomic E-state index is 1.20. The molecule has 0 atom stereocenters. The maximum Gasteiger partial charge on any atom is -0.0317 e. The van der Waals surface area contributed by atoms with Gasteiger partial charge in [-0.2, -0.15) is 0 Å². The van der Waals surface area contributed by atoms with Crippen LogP contribution in [0.15, 0.2) is 23.8 Å². The standard InChI is InChI=1S/C9H14/c1-8(2)7-9-5-3-4-6-9/h7H,1,3-6H2,2H3. The normalized spacial score (nSPS) is 18.1. The Balaban J connectivity index is 2.49. The second kappa shape index (κ2) is 2.86. The minimum absolute atomic E-state index is 1.20. The molecule has 0 spiro atoms. The van der Waals surface area contributed by atoms with Gasteiger partial charge in [-0.3, -0.25) is 0 Å². The van der Waals surface area contributed by atoms with Gasteiger partial charge in [0.2, 0.25) is 0 Å². The third-order valence-electron chi connectivity index (χ3n) is 1.70. The molecule has 0 amide bonds. The van der Waals surface area contributed by atoms with Gasteiger partial charge in [0, 0.05) is 0 Å². The fourth-order valence-corrected chi connectivity index (χ4v) is 1.32. The SMILES string of the molecule is C=C(C)C=C1CCCC1. The molecule has 0 unspecified atom stereocenters. The largest absolute Gasteiger partial charge is 0.0961 e. The summed E-state index contributed by atoms with van der Waals surface area (Å²) in [6.07, 6.45) is 7.63. The van der Waals surface area contributed by atoms with Crippen LogP contribution in [-0.4, -0.2) is 0 Å². The highest BCUT2D eigenvalue weighted by Gasteiger charge is 2.04. The first kappa shape index (κ1) is 6.60. The molecule has 0 saturated heterocycles. The molecule has 9 heavy (non-hydrogen) atoms. The first-order valence-corrected chi connectivity index (χ1v) is 3.64. The van der Waals surface area contributed by atoms with Crippen molar-refractivity contribution in [3.05, 3.63) is 23.8 Å². The summed E-state index contributed by atoms with van der Waals surface area (Å²) in [4.78, 5) is 0. The van der Waals surface area contributed by atoms with Crippen LogP contribution in [0.3, 0.4) is 0 Å². The lowest BCUT2D eigenvalue weighted by Crippen LogP contribution is -1.71. The number of hydrogen-bond donors (Lipinski definition) is 0. The second-order valence-corrected chi connectivity index (χ2v) is 2.86. The van der Waals surface area contributed by atoms with Crippen molar-refractivity contribution in [2.45, 2.75) is 32.6 Å². The van der Waals surface area contributed by atoms with E-state index in [1.807, 2.05) is 0 Å². The van der Waals surface area contributed by atoms with E-state index in [0.29, 0.717) is 0 Å². The van der Waals surface area contributed by atoms with E-state index in [0.717, 1.165) is 0 Å². The molecule has 1 rings (SSSR count). The predicted octanol–water partition coefficient (Wildman–Crippen LogP) is 3.06. The Morgan fingerprint density at radius 1 is 1.44 bits per heavy atom. The number of rotatable bonds is 1. The van der Waals surface area contributed by atoms with Crippen LogP contribution in [0.25, 0.3) is 0 Å². The summed E-state index contributed by atoms with van der Waals surface area (Å²) in [6, 6.07) is 0. The average molecular weight is 122 g/mol. The van der Waals surface area contributed by atoms with Crippen molar-refractivity contribution < 1.29 is 0 Å². The van der Waals surface area contributed by atoms with Gasteiger partial charge in [-0.05, 0) is 32.6 Å². The Morgan fingerprint density at radius 3 is 2.44 bits per heavy atom. The van der Waals surface area contributed by atoms with E-state index in [4.69, 9.17) is 0 Å². The first-order valence-electron chi connectivity index (χ1n) is 3.64. The molecule has 0 heterocycles. The van der Waals surface area contributed by atoms with Crippen LogP contribution in [0.2, 0.25) is 0 Å². The van der Waals surface area contributed by atoms with Crippen LogP contribution in [0.5, 0.6) is 0 Å². The van der Waals surface area contributed by atoms with Gasteiger partial charge in [-0.25, -0.2) is 0 Å². The third-order valence-corrected chi connectivity index (χ3v) is 1.70. The molecular weight excluding hydrogens is 108 g/mol. The fourth-order valence-electron chi connectivity index (χ4n) is 1.32. The molecule has 0 aliphatic heterocycles. The zero-order valence-electron chi connectivity index (χ0n) is 6.11. The topological polar surface area (TPSA) is 0 Å². The van der Waals surface area contributed by atoms with Crippen LogP contribution >= 0.6 is 0 Å². The molecule has 0 aromatic rings. The third kappa shape index (κ3) is 2.05. The van der Waals surface area contributed by atoms with Crippen molar-refractivity contribution in [2.24, 2.45) is 0 Å². The van der Waals surface area contributed by atoms with E-state index >= 15 is 0 Å². The molecular formula is C9H14. The summed E-state index contributed by atoms with van der Waals surface area (Å²) in [7, 11) is 0. The molecule has 0 N–H and O–H groups in total. The van der Waals surface area contributed by atoms with E-state index in [1.54, 1.807) is 5.57 Å². The Labute approximate surface area is 57.3 Å². The van der Waals surface area contributed by atoms with Gasteiger partial charge < -0.3 is 0 Å². The highest BCUT2D eigenvalue weighted by atomic mass is 14.1. The molecule has 1 saturated carbocycles. The van der Waals surface area contributed by atoms with Gasteiger partial charge >= 0.3 is 0 Å². The van der Waals surface area contributed by atoms with Crippen molar-refractivity contribution in [3.8, 4) is 0 Å². The Morgan fingerprint density at radius 2 is 2.00 bits per heavy atom. The van der Waals surface area contributed by atoms with Crippen molar-refractivity contribution in [3.63, 3.8) is 0 Å². The molecule has 0 aromatic heterocycles. The zero-order chi connectivity index (χ0) is 6.69. The van der Waals surface area contributed by atoms with Crippen LogP contribution in [0, 0.1) is 0 Å². The van der Waals surface area contributed by atoms with Gasteiger partial charge in [-0.15, -0.1) is 0 Å². The highest BCUT2D eigenvalue weighted by molar-refractivity contribution is 5.20. The quantitative estimate of drug-likeness (QED) is 0.501. The first-order chi connectivity index (χ1) is 4.29. The highest BCUT2D eigenvalue weighted by Crippen LogP contribution is 2.24. The monoisotopic (exact) mass is 122 g/mol. The van der Waals surface area contributed by atoms with E-state index < -0.39 is 0 Å². The minimum Gasteiger partial charge on any atom is -0.0961 e. The maximum absolute atomic E-state index is 3.84. The van der Waals surface area contributed by atoms with Crippen LogP contribution < -0.4 is 0 Å². The zero-order valence-corrected chi connectivity index (χ0v) is 6.11. The number of hydrogen-bond acceptors (Lipinski definition) is 0. The van der Waals surface area contributed by atoms with Crippen molar-refractivity contribution in [1.82, 2.24) is 0 Å². The number of allylic oxidation sites excluding steroid dienone is 3. The Bertz CT molecular complexity index is 132. The summed E-state index contributed by atoms with van der Waals surface area (Å²) in [5, 5.41) is 0. The lowest BCUT2D eigenvalue weighted by molar-refractivity contribution is 0.886. The molecule has 0 heteroatoms. The Hall–Kier alpha value is -0.520. The molecule has 50 valence electrons. The van der Waals surface area contributed by atoms with Crippen LogP contribution in [-0.2, 0) is 0 Å². The van der Waals surface area contributed by atoms with Crippen LogP contribution in [0.4, 0.5) is 0 Å². The predicted molar refractivity (Wildman–Crippen MR) is 41.4 cm³/mol. The summed E-state index contributed by atoms with van der Waals surface area (Å²) >= 11 is 0. The molecule has 0 radical (unpaired) electrons. The van der Waals surface area contributed by atoms with Gasteiger partial charge in [0.25, 0.3) is 0 Å². The summed E-state index contributed by atoms with van der Waals surface area (Å²) in [5.41, 5.74) is 2.80. The van der Waals surface area contributed by atoms with Gasteiger partial charge in [0.05, 0.1) is 0 Å². The van der Waals surface area contributed by atoms with Gasteiger partial charge in [-0.1, -0.05) is 23.8 Å². The molecule has 1 fully saturated rings. The van der Waals surface area contributed by atoms with Crippen molar-refractivity contribution >= 4 is 0 Å². The Kier molecular flexibility index (Phi) is 2.10. The summed E-state index contributed by atoms with van der Waals surface area (Å²) < 4.78 is 0. The molecule has 1 aliphatic rings. The van der Waals surface area contributed by atoms with Crippen LogP contribution in [0.1, 0.15) is 32.6 Å². The smallest absolute Gasteiger partial charge is 0.0317 e. The van der Waals surface area contributed by atoms with Crippen molar-refractivity contribution in [2.75, 3.05) is 0 Å². The lowest BCUT2D eigenvalue weighted by Gasteiger charge is -1.92. The van der Waals surface area contributed by atoms with E-state index in [2.05, 4.69) is 19.6 Å². The van der Waals surface area contributed by atoms with Crippen molar-refractivity contribution in [1.29, 1.82) is 0 Å². The fraction of sp³-hybridized carbons (Fsp3) is 0.556. The lowest BCUT2D eigenvalue weighted by atomic mass is 10.1. The van der Waals surface area contributed by atoms with E-state index in [9.17, 15) is 0 Å². The summed E-state index contributed by atoms with van der Waals surface area (Å²) in [6.45, 7) is 5.90. The molecule has 1 aliphatic carbocycles. The maximum atomic E-state index is 3.84. The molecule has 0 aromatic carbocycles. The molecule has 0 bridgehead atoms.